The van der Waals surface area contributed by atoms with Crippen molar-refractivity contribution in [1.82, 2.24) is 24.7 Å². The van der Waals surface area contributed by atoms with Crippen LogP contribution in [0.2, 0.25) is 0 Å². The second kappa shape index (κ2) is 9.48. The molecule has 0 aromatic carbocycles. The highest BCUT2D eigenvalue weighted by Crippen LogP contribution is 2.57. The van der Waals surface area contributed by atoms with Gasteiger partial charge in [0.15, 0.2) is 10.6 Å². The number of pyridine rings is 2. The Morgan fingerprint density at radius 3 is 2.45 bits per heavy atom. The molecule has 7 rings (SSSR count). The maximum atomic E-state index is 13.9. The first-order valence-electron chi connectivity index (χ1n) is 13.5. The van der Waals surface area contributed by atoms with Crippen LogP contribution in [0.3, 0.4) is 0 Å². The van der Waals surface area contributed by atoms with E-state index in [1.54, 1.807) is 0 Å². The predicted octanol–water partition coefficient (Wildman–Crippen LogP) is 5.11. The quantitative estimate of drug-likeness (QED) is 0.225. The summed E-state index contributed by atoms with van der Waals surface area (Å²) in [6, 6.07) is 5.23. The summed E-state index contributed by atoms with van der Waals surface area (Å²) in [5.41, 5.74) is 5.93. The zero-order valence-corrected chi connectivity index (χ0v) is 22.8. The molecule has 14 heteroatoms. The van der Waals surface area contributed by atoms with Crippen LogP contribution in [0.4, 0.5) is 17.6 Å². The third-order valence-electron chi connectivity index (χ3n) is 8.22. The number of amides is 2. The van der Waals surface area contributed by atoms with E-state index in [-0.39, 0.29) is 28.8 Å². The molecule has 0 bridgehead atoms. The molecule has 2 amide bonds. The monoisotopic (exact) mass is 600 g/mol. The maximum Gasteiger partial charge on any atom is 0.450 e. The molecule has 1 spiro atoms. The predicted molar refractivity (Wildman–Crippen MR) is 143 cm³/mol. The summed E-state index contributed by atoms with van der Waals surface area (Å²) in [7, 11) is 0. The van der Waals surface area contributed by atoms with Gasteiger partial charge in [0.1, 0.15) is 11.1 Å². The number of fused-ring (bicyclic) bond motifs is 1. The molecule has 42 heavy (non-hydrogen) atoms. The van der Waals surface area contributed by atoms with Crippen molar-refractivity contribution in [3.63, 3.8) is 0 Å². The van der Waals surface area contributed by atoms with E-state index in [1.165, 1.54) is 41.9 Å². The number of hydrogen-bond acceptors (Lipinski definition) is 7. The highest BCUT2D eigenvalue weighted by Gasteiger charge is 2.55. The first kappa shape index (κ1) is 26.8. The SMILES string of the molecule is NC(=O)c1sc(C2CC2)nc1OC1CC2(CC(NC(=O)c3nc(C(F)(F)F)n4cc(-c5ccc(F)nc5)ccc34)C2)C1. The highest BCUT2D eigenvalue weighted by atomic mass is 32.1. The lowest BCUT2D eigenvalue weighted by atomic mass is 9.53. The Balaban J connectivity index is 1.01. The van der Waals surface area contributed by atoms with E-state index in [0.717, 1.165) is 41.2 Å². The number of imidazole rings is 1. The molecule has 3 saturated carbocycles. The van der Waals surface area contributed by atoms with Crippen LogP contribution in [0.1, 0.15) is 75.4 Å². The minimum atomic E-state index is -4.81. The van der Waals surface area contributed by atoms with Crippen LogP contribution in [0, 0.1) is 11.4 Å². The van der Waals surface area contributed by atoms with Crippen LogP contribution >= 0.6 is 11.3 Å². The number of aromatic nitrogens is 4. The van der Waals surface area contributed by atoms with Crippen molar-refractivity contribution < 1.29 is 31.9 Å². The number of halogens is 4. The molecule has 3 fully saturated rings. The van der Waals surface area contributed by atoms with Crippen LogP contribution in [0.25, 0.3) is 16.6 Å². The summed E-state index contributed by atoms with van der Waals surface area (Å²) in [5.74, 6) is -2.51. The summed E-state index contributed by atoms with van der Waals surface area (Å²) in [5, 5.41) is 3.71. The lowest BCUT2D eigenvalue weighted by Crippen LogP contribution is -2.58. The Labute approximate surface area is 240 Å². The Morgan fingerprint density at radius 2 is 1.81 bits per heavy atom. The number of primary amides is 1. The van der Waals surface area contributed by atoms with Gasteiger partial charge < -0.3 is 15.8 Å². The molecule has 4 heterocycles. The molecule has 218 valence electrons. The molecule has 3 aliphatic rings. The van der Waals surface area contributed by atoms with Gasteiger partial charge >= 0.3 is 6.18 Å². The van der Waals surface area contributed by atoms with E-state index in [9.17, 15) is 27.2 Å². The number of carbonyl (C=O) groups excluding carboxylic acids is 2. The number of nitrogens with two attached hydrogens (primary N) is 1. The fraction of sp³-hybridized carbons (Fsp3) is 0.393. The van der Waals surface area contributed by atoms with E-state index in [2.05, 4.69) is 20.3 Å². The molecular weight excluding hydrogens is 576 g/mol. The van der Waals surface area contributed by atoms with Crippen molar-refractivity contribution in [1.29, 1.82) is 0 Å². The fourth-order valence-corrected chi connectivity index (χ4v) is 7.08. The summed E-state index contributed by atoms with van der Waals surface area (Å²) < 4.78 is 61.7. The van der Waals surface area contributed by atoms with E-state index in [4.69, 9.17) is 10.5 Å². The van der Waals surface area contributed by atoms with Gasteiger partial charge in [-0.15, -0.1) is 11.3 Å². The van der Waals surface area contributed by atoms with Gasteiger partial charge in [-0.25, -0.2) is 15.0 Å². The van der Waals surface area contributed by atoms with Gasteiger partial charge in [-0.05, 0) is 67.7 Å². The van der Waals surface area contributed by atoms with Gasteiger partial charge in [-0.2, -0.15) is 17.6 Å². The molecule has 0 unspecified atom stereocenters. The fourth-order valence-electron chi connectivity index (χ4n) is 6.05. The van der Waals surface area contributed by atoms with Crippen LogP contribution in [-0.4, -0.2) is 43.3 Å². The molecule has 4 aromatic heterocycles. The standard InChI is InChI=1S/C28H24F4N6O3S/c29-19-6-4-14(11-34-19)15-3-5-18-20(36-26(28(30,31)32)38(18)12-15)23(40)35-16-7-27(8-16)9-17(10-27)41-24-21(22(33)39)42-25(37-24)13-1-2-13/h3-6,11-13,16-17H,1-2,7-10H2,(H2,33,39)(H,35,40). The topological polar surface area (TPSA) is 124 Å². The largest absolute Gasteiger partial charge is 0.473 e. The molecule has 4 aromatic rings. The summed E-state index contributed by atoms with van der Waals surface area (Å²) >= 11 is 1.29. The summed E-state index contributed by atoms with van der Waals surface area (Å²) in [4.78, 5) is 37.0. The van der Waals surface area contributed by atoms with E-state index in [1.807, 2.05) is 0 Å². The molecule has 0 aliphatic heterocycles. The zero-order valence-electron chi connectivity index (χ0n) is 21.9. The second-order valence-corrected chi connectivity index (χ2v) is 12.4. The second-order valence-electron chi connectivity index (χ2n) is 11.4. The van der Waals surface area contributed by atoms with Crippen LogP contribution in [0.5, 0.6) is 5.88 Å². The van der Waals surface area contributed by atoms with Crippen molar-refractivity contribution >= 4 is 28.7 Å². The lowest BCUT2D eigenvalue weighted by Gasteiger charge is -2.57. The van der Waals surface area contributed by atoms with Gasteiger partial charge in [0.2, 0.25) is 17.7 Å². The normalized spacial score (nSPS) is 23.4. The number of hydrogen-bond donors (Lipinski definition) is 2. The van der Waals surface area contributed by atoms with Crippen LogP contribution < -0.4 is 15.8 Å². The van der Waals surface area contributed by atoms with Gasteiger partial charge in [0, 0.05) is 29.9 Å². The van der Waals surface area contributed by atoms with Gasteiger partial charge in [0.05, 0.1) is 5.52 Å². The summed E-state index contributed by atoms with van der Waals surface area (Å²) in [6.07, 6.45) is 2.35. The van der Waals surface area contributed by atoms with E-state index < -0.39 is 29.8 Å². The molecule has 0 radical (unpaired) electrons. The van der Waals surface area contributed by atoms with Crippen LogP contribution in [-0.2, 0) is 6.18 Å². The van der Waals surface area contributed by atoms with E-state index in [0.29, 0.717) is 40.6 Å². The third kappa shape index (κ3) is 4.76. The molecule has 0 saturated heterocycles. The van der Waals surface area contributed by atoms with Gasteiger partial charge in [-0.1, -0.05) is 6.07 Å². The number of alkyl halides is 3. The lowest BCUT2D eigenvalue weighted by molar-refractivity contribution is -0.145. The van der Waals surface area contributed by atoms with Crippen molar-refractivity contribution in [3.05, 3.63) is 64.0 Å². The van der Waals surface area contributed by atoms with Crippen LogP contribution in [0.15, 0.2) is 36.7 Å². The zero-order chi connectivity index (χ0) is 29.4. The first-order valence-corrected chi connectivity index (χ1v) is 14.3. The van der Waals surface area contributed by atoms with Crippen molar-refractivity contribution in [2.75, 3.05) is 0 Å². The van der Waals surface area contributed by atoms with Crippen molar-refractivity contribution in [2.45, 2.75) is 62.8 Å². The number of nitrogens with one attached hydrogen (secondary N) is 1. The molecule has 0 atom stereocenters. The smallest absolute Gasteiger partial charge is 0.450 e. The minimum Gasteiger partial charge on any atom is -0.473 e. The van der Waals surface area contributed by atoms with Crippen molar-refractivity contribution in [3.8, 4) is 17.0 Å². The van der Waals surface area contributed by atoms with Gasteiger partial charge in [-0.3, -0.25) is 14.0 Å². The molecule has 3 aliphatic carbocycles. The highest BCUT2D eigenvalue weighted by molar-refractivity contribution is 7.14. The number of nitrogens with zero attached hydrogens (tertiary/aromatic N) is 4. The molecular formula is C28H24F4N6O3S. The Bertz CT molecular complexity index is 1720. The number of thiazole rings is 1. The van der Waals surface area contributed by atoms with E-state index >= 15 is 0 Å². The number of ether oxygens (including phenoxy) is 1. The Hall–Kier alpha value is -4.07. The maximum absolute atomic E-state index is 13.9. The van der Waals surface area contributed by atoms with Gasteiger partial charge in [0.25, 0.3) is 11.8 Å². The molecule has 9 nitrogen and oxygen atoms in total. The average Bonchev–Trinajstić information content (AvgIpc) is 3.53. The minimum absolute atomic E-state index is 0.00359. The summed E-state index contributed by atoms with van der Waals surface area (Å²) in [6.45, 7) is 0. The Kier molecular flexibility index (Phi) is 6.05. The van der Waals surface area contributed by atoms with Crippen molar-refractivity contribution in [2.24, 2.45) is 11.1 Å². The number of rotatable bonds is 7. The third-order valence-corrected chi connectivity index (χ3v) is 9.44. The first-order chi connectivity index (χ1) is 20.0. The average molecular weight is 601 g/mol. The Morgan fingerprint density at radius 1 is 1.07 bits per heavy atom. The number of carbonyl (C=O) groups is 2. The molecule has 3 N–H and O–H groups in total.